The number of fused-ring (bicyclic) bond motifs is 1. The van der Waals surface area contributed by atoms with Crippen molar-refractivity contribution in [3.63, 3.8) is 0 Å². The molecule has 0 saturated heterocycles. The maximum atomic E-state index is 5.76. The van der Waals surface area contributed by atoms with Crippen molar-refractivity contribution in [2.75, 3.05) is 0 Å². The second-order valence-electron chi connectivity index (χ2n) is 3.37. The molecule has 3 aromatic rings. The SMILES string of the molecule is Clc1cnc2ccccc2c1.c1ccncc1. The number of hydrogen-bond acceptors (Lipinski definition) is 2. The molecule has 0 spiro atoms. The minimum atomic E-state index is 0.684. The lowest BCUT2D eigenvalue weighted by atomic mass is 10.2. The molecule has 2 nitrogen and oxygen atoms in total. The lowest BCUT2D eigenvalue weighted by molar-refractivity contribution is 1.33. The van der Waals surface area contributed by atoms with Crippen molar-refractivity contribution in [2.24, 2.45) is 0 Å². The van der Waals surface area contributed by atoms with Gasteiger partial charge in [0.1, 0.15) is 0 Å². The van der Waals surface area contributed by atoms with Gasteiger partial charge >= 0.3 is 0 Å². The van der Waals surface area contributed by atoms with Gasteiger partial charge in [-0.15, -0.1) is 0 Å². The Morgan fingerprint density at radius 3 is 2.29 bits per heavy atom. The Hall–Kier alpha value is -1.93. The molecule has 0 radical (unpaired) electrons. The van der Waals surface area contributed by atoms with Crippen molar-refractivity contribution >= 4 is 22.5 Å². The number of para-hydroxylation sites is 1. The molecule has 3 heteroatoms. The fourth-order valence-corrected chi connectivity index (χ4v) is 1.52. The Kier molecular flexibility index (Phi) is 4.05. The Morgan fingerprint density at radius 2 is 1.65 bits per heavy atom. The highest BCUT2D eigenvalue weighted by molar-refractivity contribution is 6.31. The molecule has 0 aliphatic carbocycles. The van der Waals surface area contributed by atoms with Gasteiger partial charge in [-0.25, -0.2) is 0 Å². The van der Waals surface area contributed by atoms with Crippen LogP contribution < -0.4 is 0 Å². The third-order valence-electron chi connectivity index (χ3n) is 2.12. The zero-order chi connectivity index (χ0) is 11.9. The molecule has 2 aromatic heterocycles. The van der Waals surface area contributed by atoms with E-state index in [9.17, 15) is 0 Å². The van der Waals surface area contributed by atoms with E-state index >= 15 is 0 Å². The van der Waals surface area contributed by atoms with Gasteiger partial charge in [0.2, 0.25) is 0 Å². The summed E-state index contributed by atoms with van der Waals surface area (Å²) in [6.45, 7) is 0. The van der Waals surface area contributed by atoms with Crippen LogP contribution in [0, 0.1) is 0 Å². The average molecular weight is 243 g/mol. The lowest BCUT2D eigenvalue weighted by Crippen LogP contribution is -1.75. The molecular formula is C14H11ClN2. The molecule has 3 rings (SSSR count). The summed E-state index contributed by atoms with van der Waals surface area (Å²) in [6, 6.07) is 15.5. The zero-order valence-corrected chi connectivity index (χ0v) is 9.88. The minimum Gasteiger partial charge on any atom is -0.265 e. The van der Waals surface area contributed by atoms with Crippen LogP contribution in [0.3, 0.4) is 0 Å². The molecule has 0 fully saturated rings. The monoisotopic (exact) mass is 242 g/mol. The molecule has 0 aliphatic rings. The largest absolute Gasteiger partial charge is 0.265 e. The highest BCUT2D eigenvalue weighted by atomic mass is 35.5. The Balaban J connectivity index is 0.000000153. The van der Waals surface area contributed by atoms with Crippen molar-refractivity contribution < 1.29 is 0 Å². The Morgan fingerprint density at radius 1 is 0.882 bits per heavy atom. The van der Waals surface area contributed by atoms with E-state index in [1.807, 2.05) is 48.5 Å². The molecular weight excluding hydrogens is 232 g/mol. The minimum absolute atomic E-state index is 0.684. The van der Waals surface area contributed by atoms with Crippen LogP contribution >= 0.6 is 11.6 Å². The molecule has 17 heavy (non-hydrogen) atoms. The maximum absolute atomic E-state index is 5.76. The van der Waals surface area contributed by atoms with E-state index in [1.54, 1.807) is 18.6 Å². The summed E-state index contributed by atoms with van der Waals surface area (Å²) in [6.07, 6.45) is 5.16. The molecule has 0 unspecified atom stereocenters. The summed E-state index contributed by atoms with van der Waals surface area (Å²) in [5.41, 5.74) is 0.983. The summed E-state index contributed by atoms with van der Waals surface area (Å²) in [5.74, 6) is 0. The van der Waals surface area contributed by atoms with E-state index in [-0.39, 0.29) is 0 Å². The van der Waals surface area contributed by atoms with E-state index in [4.69, 9.17) is 11.6 Å². The summed E-state index contributed by atoms with van der Waals surface area (Å²) >= 11 is 5.76. The van der Waals surface area contributed by atoms with Crippen molar-refractivity contribution in [1.82, 2.24) is 9.97 Å². The highest BCUT2D eigenvalue weighted by Crippen LogP contribution is 2.15. The molecule has 0 amide bonds. The van der Waals surface area contributed by atoms with Crippen LogP contribution in [0.1, 0.15) is 0 Å². The Labute approximate surface area is 105 Å². The number of aromatic nitrogens is 2. The summed E-state index contributed by atoms with van der Waals surface area (Å²) in [7, 11) is 0. The predicted molar refractivity (Wildman–Crippen MR) is 71.0 cm³/mol. The fourth-order valence-electron chi connectivity index (χ4n) is 1.36. The van der Waals surface area contributed by atoms with Crippen molar-refractivity contribution in [2.45, 2.75) is 0 Å². The number of pyridine rings is 2. The maximum Gasteiger partial charge on any atom is 0.0703 e. The number of rotatable bonds is 0. The number of benzene rings is 1. The van der Waals surface area contributed by atoms with E-state index in [1.165, 1.54) is 0 Å². The zero-order valence-electron chi connectivity index (χ0n) is 9.12. The van der Waals surface area contributed by atoms with Crippen LogP contribution in [-0.4, -0.2) is 9.97 Å². The van der Waals surface area contributed by atoms with Crippen LogP contribution in [0.25, 0.3) is 10.9 Å². The molecule has 84 valence electrons. The van der Waals surface area contributed by atoms with Gasteiger partial charge in [-0.3, -0.25) is 9.97 Å². The van der Waals surface area contributed by atoms with Gasteiger partial charge in [-0.05, 0) is 24.3 Å². The molecule has 0 N–H and O–H groups in total. The van der Waals surface area contributed by atoms with Gasteiger partial charge in [0.05, 0.1) is 10.5 Å². The lowest BCUT2D eigenvalue weighted by Gasteiger charge is -1.94. The summed E-state index contributed by atoms with van der Waals surface area (Å²) in [5, 5.41) is 1.77. The van der Waals surface area contributed by atoms with Crippen LogP contribution in [0.2, 0.25) is 5.02 Å². The third kappa shape index (κ3) is 3.54. The average Bonchev–Trinajstić information content (AvgIpc) is 2.41. The standard InChI is InChI=1S/C9H6ClN.C5H5N/c10-8-5-7-3-1-2-4-9(7)11-6-8;1-2-4-6-5-3-1/h1-6H;1-5H. The summed E-state index contributed by atoms with van der Waals surface area (Å²) in [4.78, 5) is 7.93. The molecule has 0 aliphatic heterocycles. The molecule has 2 heterocycles. The van der Waals surface area contributed by atoms with Crippen LogP contribution in [0.5, 0.6) is 0 Å². The highest BCUT2D eigenvalue weighted by Gasteiger charge is 1.92. The van der Waals surface area contributed by atoms with Crippen molar-refractivity contribution in [3.8, 4) is 0 Å². The number of hydrogen-bond donors (Lipinski definition) is 0. The smallest absolute Gasteiger partial charge is 0.0703 e. The molecule has 0 saturated carbocycles. The van der Waals surface area contributed by atoms with Crippen molar-refractivity contribution in [3.05, 3.63) is 72.1 Å². The quantitative estimate of drug-likeness (QED) is 0.596. The fraction of sp³-hybridized carbons (Fsp3) is 0. The normalized spacial score (nSPS) is 9.47. The van der Waals surface area contributed by atoms with Gasteiger partial charge in [-0.2, -0.15) is 0 Å². The molecule has 0 bridgehead atoms. The van der Waals surface area contributed by atoms with Gasteiger partial charge in [0.15, 0.2) is 0 Å². The first-order valence-corrected chi connectivity index (χ1v) is 5.59. The van der Waals surface area contributed by atoms with E-state index in [2.05, 4.69) is 9.97 Å². The number of halogens is 1. The van der Waals surface area contributed by atoms with Gasteiger partial charge in [0.25, 0.3) is 0 Å². The van der Waals surface area contributed by atoms with Gasteiger partial charge in [-0.1, -0.05) is 35.9 Å². The number of nitrogens with zero attached hydrogens (tertiary/aromatic N) is 2. The van der Waals surface area contributed by atoms with E-state index in [0.717, 1.165) is 10.9 Å². The first-order valence-electron chi connectivity index (χ1n) is 5.21. The van der Waals surface area contributed by atoms with Gasteiger partial charge < -0.3 is 0 Å². The first-order chi connectivity index (χ1) is 8.36. The molecule has 1 aromatic carbocycles. The van der Waals surface area contributed by atoms with Crippen LogP contribution in [0.15, 0.2) is 67.1 Å². The van der Waals surface area contributed by atoms with Gasteiger partial charge in [0, 0.05) is 24.0 Å². The predicted octanol–water partition coefficient (Wildman–Crippen LogP) is 3.97. The Bertz CT molecular complexity index is 555. The third-order valence-corrected chi connectivity index (χ3v) is 2.33. The summed E-state index contributed by atoms with van der Waals surface area (Å²) < 4.78 is 0. The van der Waals surface area contributed by atoms with E-state index in [0.29, 0.717) is 5.02 Å². The topological polar surface area (TPSA) is 25.8 Å². The van der Waals surface area contributed by atoms with Crippen molar-refractivity contribution in [1.29, 1.82) is 0 Å². The van der Waals surface area contributed by atoms with E-state index < -0.39 is 0 Å². The van der Waals surface area contributed by atoms with Crippen LogP contribution in [0.4, 0.5) is 0 Å². The second-order valence-corrected chi connectivity index (χ2v) is 3.81. The first kappa shape index (κ1) is 11.6. The second kappa shape index (κ2) is 5.97. The van der Waals surface area contributed by atoms with Crippen LogP contribution in [-0.2, 0) is 0 Å². The molecule has 0 atom stereocenters.